The molecule has 9 aromatic carbocycles. The van der Waals surface area contributed by atoms with Crippen molar-refractivity contribution in [2.24, 2.45) is 0 Å². The van der Waals surface area contributed by atoms with E-state index in [0.717, 1.165) is 33.3 Å². The van der Waals surface area contributed by atoms with Crippen LogP contribution in [0.15, 0.2) is 174 Å². The second-order valence-corrected chi connectivity index (χ2v) is 16.0. The molecular weight excluding hydrogens is 693 g/mol. The predicted molar refractivity (Wildman–Crippen MR) is 241 cm³/mol. The quantitative estimate of drug-likeness (QED) is 0.176. The van der Waals surface area contributed by atoms with E-state index in [1.54, 1.807) is 0 Å². The lowest BCUT2D eigenvalue weighted by Gasteiger charge is -2.29. The van der Waals surface area contributed by atoms with Gasteiger partial charge >= 0.3 is 0 Å². The number of fused-ring (bicyclic) bond motifs is 12. The van der Waals surface area contributed by atoms with E-state index in [1.165, 1.54) is 88.1 Å². The minimum atomic E-state index is 0.411. The Balaban J connectivity index is 0.988. The van der Waals surface area contributed by atoms with E-state index in [-0.39, 0.29) is 0 Å². The van der Waals surface area contributed by atoms with Gasteiger partial charge in [0.25, 0.3) is 0 Å². The number of anilines is 3. The molecule has 0 fully saturated rings. The first-order valence-corrected chi connectivity index (χ1v) is 19.9. The first-order valence-electron chi connectivity index (χ1n) is 19.9. The normalized spacial score (nSPS) is 12.3. The van der Waals surface area contributed by atoms with Gasteiger partial charge in [-0.25, -0.2) is 0 Å². The number of benzene rings is 9. The van der Waals surface area contributed by atoms with Crippen molar-refractivity contribution >= 4 is 82.4 Å². The average Bonchev–Trinajstić information content (AvgIpc) is 3.78. The number of hydrogen-bond acceptors (Lipinski definition) is 2. The van der Waals surface area contributed by atoms with Crippen molar-refractivity contribution in [1.82, 2.24) is 4.57 Å². The lowest BCUT2D eigenvalue weighted by molar-refractivity contribution is 0.669. The molecule has 0 saturated carbocycles. The smallest absolute Gasteiger partial charge is 0.137 e. The van der Waals surface area contributed by atoms with Crippen LogP contribution >= 0.6 is 0 Å². The summed E-state index contributed by atoms with van der Waals surface area (Å²) >= 11 is 0. The Kier molecular flexibility index (Phi) is 6.74. The molecule has 0 unspecified atom stereocenters. The molecule has 12 rings (SSSR count). The molecule has 0 radical (unpaired) electrons. The minimum absolute atomic E-state index is 0.411. The van der Waals surface area contributed by atoms with E-state index in [2.05, 4.69) is 188 Å². The van der Waals surface area contributed by atoms with Crippen LogP contribution in [0.25, 0.3) is 93.2 Å². The van der Waals surface area contributed by atoms with Gasteiger partial charge in [0.15, 0.2) is 0 Å². The summed E-state index contributed by atoms with van der Waals surface area (Å²) < 4.78 is 8.82. The fraction of sp³-hybridized carbons (Fsp3) is 0.0741. The second kappa shape index (κ2) is 11.9. The van der Waals surface area contributed by atoms with Crippen molar-refractivity contribution in [3.05, 3.63) is 181 Å². The van der Waals surface area contributed by atoms with Gasteiger partial charge in [0, 0.05) is 50.4 Å². The SMILES string of the molecule is Cc1ccc(C(C)C)cc1N(c1ccc2cc3c(cc2c1)-c1cc2cc(-n4c5ccccc5c5ccccc54)ccc2cc1-3)c1ccc2c(c1)oc1ccccc12. The molecule has 1 aliphatic carbocycles. The fourth-order valence-electron chi connectivity index (χ4n) is 9.39. The van der Waals surface area contributed by atoms with Gasteiger partial charge in [-0.1, -0.05) is 92.7 Å². The van der Waals surface area contributed by atoms with Crippen LogP contribution in [0.3, 0.4) is 0 Å². The van der Waals surface area contributed by atoms with Crippen molar-refractivity contribution in [2.45, 2.75) is 26.7 Å². The molecule has 0 amide bonds. The van der Waals surface area contributed by atoms with Crippen molar-refractivity contribution in [3.63, 3.8) is 0 Å². The summed E-state index contributed by atoms with van der Waals surface area (Å²) in [6, 6.07) is 62.7. The molecule has 3 heteroatoms. The van der Waals surface area contributed by atoms with Crippen molar-refractivity contribution < 1.29 is 4.42 Å². The Morgan fingerprint density at radius 3 is 1.72 bits per heavy atom. The summed E-state index contributed by atoms with van der Waals surface area (Å²) in [5.41, 5.74) is 16.6. The minimum Gasteiger partial charge on any atom is -0.456 e. The highest BCUT2D eigenvalue weighted by Gasteiger charge is 2.25. The molecule has 2 heterocycles. The number of rotatable bonds is 5. The van der Waals surface area contributed by atoms with Gasteiger partial charge in [-0.3, -0.25) is 0 Å². The maximum absolute atomic E-state index is 6.42. The second-order valence-electron chi connectivity index (χ2n) is 16.0. The van der Waals surface area contributed by atoms with E-state index in [0.29, 0.717) is 5.92 Å². The van der Waals surface area contributed by atoms with Crippen LogP contribution in [-0.4, -0.2) is 4.57 Å². The third kappa shape index (κ3) is 4.79. The van der Waals surface area contributed by atoms with Gasteiger partial charge in [0.2, 0.25) is 0 Å². The van der Waals surface area contributed by atoms with Crippen LogP contribution in [0.2, 0.25) is 0 Å². The van der Waals surface area contributed by atoms with Crippen LogP contribution in [0.5, 0.6) is 0 Å². The summed E-state index contributed by atoms with van der Waals surface area (Å²) in [4.78, 5) is 2.41. The molecule has 0 aliphatic heterocycles. The van der Waals surface area contributed by atoms with Crippen LogP contribution in [-0.2, 0) is 0 Å². The first-order chi connectivity index (χ1) is 28.0. The molecular formula is C54H38N2O. The van der Waals surface area contributed by atoms with E-state index >= 15 is 0 Å². The molecule has 270 valence electrons. The molecule has 11 aromatic rings. The average molecular weight is 731 g/mol. The van der Waals surface area contributed by atoms with Crippen molar-refractivity contribution in [2.75, 3.05) is 4.90 Å². The number of aromatic nitrogens is 1. The third-order valence-electron chi connectivity index (χ3n) is 12.4. The highest BCUT2D eigenvalue weighted by atomic mass is 16.3. The van der Waals surface area contributed by atoms with Gasteiger partial charge < -0.3 is 13.9 Å². The third-order valence-corrected chi connectivity index (χ3v) is 12.4. The summed E-state index contributed by atoms with van der Waals surface area (Å²) in [5, 5.41) is 9.81. The first kappa shape index (κ1) is 32.2. The van der Waals surface area contributed by atoms with Crippen LogP contribution < -0.4 is 4.90 Å². The Morgan fingerprint density at radius 1 is 0.456 bits per heavy atom. The highest BCUT2D eigenvalue weighted by Crippen LogP contribution is 2.51. The maximum Gasteiger partial charge on any atom is 0.137 e. The summed E-state index contributed by atoms with van der Waals surface area (Å²) in [5.74, 6) is 0.411. The van der Waals surface area contributed by atoms with E-state index in [9.17, 15) is 0 Å². The van der Waals surface area contributed by atoms with Gasteiger partial charge in [0.05, 0.1) is 11.0 Å². The maximum atomic E-state index is 6.42. The monoisotopic (exact) mass is 730 g/mol. The standard InChI is InChI=1S/C54H38N2O/c1-32(2)34-17-16-33(3)52(30-34)55(41-22-23-45-44-12-6-9-15-53(44)57-54(45)31-41)39-20-18-35-26-46-47-27-36-19-21-40(25-38(36)29-49(47)48(46)28-37(35)24-39)56-50-13-7-4-10-42(50)43-11-5-8-14-51(43)56/h4-32H,1-3H3. The molecule has 1 aliphatic rings. The highest BCUT2D eigenvalue weighted by molar-refractivity contribution is 6.13. The molecule has 0 saturated heterocycles. The molecule has 3 nitrogen and oxygen atoms in total. The fourth-order valence-corrected chi connectivity index (χ4v) is 9.39. The van der Waals surface area contributed by atoms with Crippen LogP contribution in [0.4, 0.5) is 17.1 Å². The lowest BCUT2D eigenvalue weighted by Crippen LogP contribution is -2.12. The molecule has 0 spiro atoms. The Hall–Kier alpha value is -7.10. The summed E-state index contributed by atoms with van der Waals surface area (Å²) in [6.45, 7) is 6.74. The molecule has 2 aromatic heterocycles. The molecule has 57 heavy (non-hydrogen) atoms. The zero-order valence-electron chi connectivity index (χ0n) is 32.0. The Bertz CT molecular complexity index is 3420. The topological polar surface area (TPSA) is 21.3 Å². The van der Waals surface area contributed by atoms with E-state index in [1.807, 2.05) is 12.1 Å². The van der Waals surface area contributed by atoms with Gasteiger partial charge in [-0.15, -0.1) is 0 Å². The molecule has 0 N–H and O–H groups in total. The number of aryl methyl sites for hydroxylation is 1. The van der Waals surface area contributed by atoms with Crippen molar-refractivity contribution in [1.29, 1.82) is 0 Å². The lowest BCUT2D eigenvalue weighted by atomic mass is 9.78. The van der Waals surface area contributed by atoms with Crippen LogP contribution in [0, 0.1) is 6.92 Å². The Morgan fingerprint density at radius 2 is 1.02 bits per heavy atom. The van der Waals surface area contributed by atoms with E-state index < -0.39 is 0 Å². The van der Waals surface area contributed by atoms with Gasteiger partial charge in [-0.05, 0) is 153 Å². The molecule has 0 atom stereocenters. The van der Waals surface area contributed by atoms with Gasteiger partial charge in [-0.2, -0.15) is 0 Å². The largest absolute Gasteiger partial charge is 0.456 e. The number of hydrogen-bond donors (Lipinski definition) is 0. The predicted octanol–water partition coefficient (Wildman–Crippen LogP) is 15.5. The van der Waals surface area contributed by atoms with Gasteiger partial charge in [0.1, 0.15) is 11.2 Å². The summed E-state index contributed by atoms with van der Waals surface area (Å²) in [7, 11) is 0. The Labute approximate surface area is 330 Å². The zero-order chi connectivity index (χ0) is 37.9. The summed E-state index contributed by atoms with van der Waals surface area (Å²) in [6.07, 6.45) is 0. The van der Waals surface area contributed by atoms with E-state index in [4.69, 9.17) is 4.42 Å². The van der Waals surface area contributed by atoms with Crippen molar-refractivity contribution in [3.8, 4) is 27.9 Å². The number of furan rings is 1. The number of nitrogens with zero attached hydrogens (tertiary/aromatic N) is 2. The zero-order valence-corrected chi connectivity index (χ0v) is 32.0. The number of para-hydroxylation sites is 3. The molecule has 0 bridgehead atoms. The van der Waals surface area contributed by atoms with Crippen LogP contribution in [0.1, 0.15) is 30.9 Å².